The largest absolute Gasteiger partial charge is 0.471 e. The second kappa shape index (κ2) is 4.83. The lowest BCUT2D eigenvalue weighted by atomic mass is 10.2. The van der Waals surface area contributed by atoms with Crippen molar-refractivity contribution in [2.45, 2.75) is 13.0 Å². The van der Waals surface area contributed by atoms with Crippen molar-refractivity contribution in [1.82, 2.24) is 15.2 Å². The van der Waals surface area contributed by atoms with Gasteiger partial charge in [-0.2, -0.15) is 0 Å². The van der Waals surface area contributed by atoms with E-state index in [2.05, 4.69) is 10.3 Å². The van der Waals surface area contributed by atoms with Crippen LogP contribution in [-0.2, 0) is 0 Å². The van der Waals surface area contributed by atoms with E-state index in [1.807, 2.05) is 25.1 Å². The summed E-state index contributed by atoms with van der Waals surface area (Å²) in [6, 6.07) is 5.51. The third kappa shape index (κ3) is 2.42. The molecule has 0 saturated carbocycles. The van der Waals surface area contributed by atoms with E-state index in [0.29, 0.717) is 25.5 Å². The van der Waals surface area contributed by atoms with Crippen molar-refractivity contribution in [3.63, 3.8) is 0 Å². The van der Waals surface area contributed by atoms with Gasteiger partial charge in [-0.15, -0.1) is 0 Å². The molecule has 0 spiro atoms. The Morgan fingerprint density at radius 3 is 3.06 bits per heavy atom. The molecule has 1 aromatic heterocycles. The molecule has 2 heterocycles. The highest BCUT2D eigenvalue weighted by atomic mass is 16.5. The Kier molecular flexibility index (Phi) is 3.24. The molecule has 2 amide bonds. The fourth-order valence-electron chi connectivity index (χ4n) is 1.53. The fraction of sp³-hybridized carbons (Fsp3) is 0.455. The third-order valence-corrected chi connectivity index (χ3v) is 2.39. The molecule has 0 aliphatic carbocycles. The number of likely N-dealkylation sites (tertiary alicyclic amines) is 1. The van der Waals surface area contributed by atoms with Gasteiger partial charge in [-0.3, -0.25) is 0 Å². The Labute approximate surface area is 94.4 Å². The number of aromatic nitrogens is 1. The van der Waals surface area contributed by atoms with Crippen LogP contribution in [-0.4, -0.2) is 41.7 Å². The number of carbonyl (C=O) groups is 1. The summed E-state index contributed by atoms with van der Waals surface area (Å²) in [6.45, 7) is 3.81. The molecule has 86 valence electrons. The molecular weight excluding hydrogens is 206 g/mol. The Balaban J connectivity index is 1.75. The Morgan fingerprint density at radius 1 is 1.62 bits per heavy atom. The normalized spacial score (nSPS) is 15.4. The molecule has 1 aromatic rings. The third-order valence-electron chi connectivity index (χ3n) is 2.39. The van der Waals surface area contributed by atoms with E-state index in [1.54, 1.807) is 11.1 Å². The van der Waals surface area contributed by atoms with Crippen LogP contribution in [0.1, 0.15) is 6.92 Å². The number of nitrogens with one attached hydrogen (secondary N) is 1. The number of urea groups is 1. The minimum atomic E-state index is -0.0247. The van der Waals surface area contributed by atoms with Gasteiger partial charge in [0.05, 0.1) is 13.1 Å². The first-order valence-corrected chi connectivity index (χ1v) is 5.40. The molecule has 1 aliphatic rings. The van der Waals surface area contributed by atoms with Gasteiger partial charge in [0.2, 0.25) is 5.88 Å². The standard InChI is InChI=1S/C11H15N3O2/c1-2-12-11(15)14-7-9(8-14)16-10-5-3-4-6-13-10/h3-6,9H,2,7-8H2,1H3,(H,12,15). The summed E-state index contributed by atoms with van der Waals surface area (Å²) in [7, 11) is 0. The van der Waals surface area contributed by atoms with Gasteiger partial charge in [0, 0.05) is 18.8 Å². The predicted molar refractivity (Wildman–Crippen MR) is 59.3 cm³/mol. The van der Waals surface area contributed by atoms with Crippen molar-refractivity contribution in [1.29, 1.82) is 0 Å². The lowest BCUT2D eigenvalue weighted by Gasteiger charge is -2.38. The summed E-state index contributed by atoms with van der Waals surface area (Å²) < 4.78 is 5.58. The van der Waals surface area contributed by atoms with Crippen LogP contribution in [0.25, 0.3) is 0 Å². The van der Waals surface area contributed by atoms with Crippen LogP contribution in [0.3, 0.4) is 0 Å². The molecule has 5 nitrogen and oxygen atoms in total. The van der Waals surface area contributed by atoms with Crippen LogP contribution >= 0.6 is 0 Å². The predicted octanol–water partition coefficient (Wildman–Crippen LogP) is 0.874. The number of carbonyl (C=O) groups excluding carboxylic acids is 1. The summed E-state index contributed by atoms with van der Waals surface area (Å²) in [5, 5.41) is 2.75. The molecule has 1 saturated heterocycles. The van der Waals surface area contributed by atoms with Gasteiger partial charge in [0.25, 0.3) is 0 Å². The van der Waals surface area contributed by atoms with Gasteiger partial charge >= 0.3 is 6.03 Å². The average molecular weight is 221 g/mol. The maximum Gasteiger partial charge on any atom is 0.317 e. The molecule has 0 radical (unpaired) electrons. The first-order valence-electron chi connectivity index (χ1n) is 5.40. The van der Waals surface area contributed by atoms with Crippen LogP contribution in [0, 0.1) is 0 Å². The van der Waals surface area contributed by atoms with Gasteiger partial charge in [-0.05, 0) is 13.0 Å². The molecule has 1 fully saturated rings. The zero-order valence-electron chi connectivity index (χ0n) is 9.22. The van der Waals surface area contributed by atoms with Crippen molar-refractivity contribution >= 4 is 6.03 Å². The van der Waals surface area contributed by atoms with Gasteiger partial charge in [-0.25, -0.2) is 9.78 Å². The zero-order valence-corrected chi connectivity index (χ0v) is 9.22. The maximum atomic E-state index is 11.4. The van der Waals surface area contributed by atoms with Gasteiger partial charge in [0.1, 0.15) is 6.10 Å². The van der Waals surface area contributed by atoms with Crippen LogP contribution in [0.2, 0.25) is 0 Å². The lowest BCUT2D eigenvalue weighted by molar-refractivity contribution is 0.0416. The maximum absolute atomic E-state index is 11.4. The summed E-state index contributed by atoms with van der Waals surface area (Å²) in [5.74, 6) is 0.614. The Hall–Kier alpha value is -1.78. The summed E-state index contributed by atoms with van der Waals surface area (Å²) in [6.07, 6.45) is 1.76. The Bertz CT molecular complexity index is 350. The van der Waals surface area contributed by atoms with Crippen molar-refractivity contribution in [3.05, 3.63) is 24.4 Å². The van der Waals surface area contributed by atoms with Crippen molar-refractivity contribution in [2.24, 2.45) is 0 Å². The fourth-order valence-corrected chi connectivity index (χ4v) is 1.53. The van der Waals surface area contributed by atoms with Crippen LogP contribution in [0.4, 0.5) is 4.79 Å². The lowest BCUT2D eigenvalue weighted by Crippen LogP contribution is -2.58. The van der Waals surface area contributed by atoms with E-state index in [-0.39, 0.29) is 12.1 Å². The minimum absolute atomic E-state index is 0.0247. The number of amides is 2. The zero-order chi connectivity index (χ0) is 11.4. The van der Waals surface area contributed by atoms with Crippen LogP contribution < -0.4 is 10.1 Å². The second-order valence-corrected chi connectivity index (χ2v) is 3.65. The molecule has 1 aliphatic heterocycles. The van der Waals surface area contributed by atoms with Gasteiger partial charge in [0.15, 0.2) is 0 Å². The van der Waals surface area contributed by atoms with E-state index in [1.165, 1.54) is 0 Å². The number of rotatable bonds is 3. The number of pyridine rings is 1. The molecule has 2 rings (SSSR count). The van der Waals surface area contributed by atoms with E-state index >= 15 is 0 Å². The summed E-state index contributed by atoms with van der Waals surface area (Å²) in [4.78, 5) is 17.2. The topological polar surface area (TPSA) is 54.5 Å². The van der Waals surface area contributed by atoms with E-state index < -0.39 is 0 Å². The molecule has 0 aromatic carbocycles. The first kappa shape index (κ1) is 10.7. The second-order valence-electron chi connectivity index (χ2n) is 3.65. The van der Waals surface area contributed by atoms with Crippen molar-refractivity contribution in [3.8, 4) is 5.88 Å². The first-order chi connectivity index (χ1) is 7.79. The molecule has 0 bridgehead atoms. The van der Waals surface area contributed by atoms with E-state index in [0.717, 1.165) is 0 Å². The smallest absolute Gasteiger partial charge is 0.317 e. The number of hydrogen-bond donors (Lipinski definition) is 1. The van der Waals surface area contributed by atoms with Crippen LogP contribution in [0.15, 0.2) is 24.4 Å². The molecule has 5 heteroatoms. The summed E-state index contributed by atoms with van der Waals surface area (Å²) in [5.41, 5.74) is 0. The SMILES string of the molecule is CCNC(=O)N1CC(Oc2ccccn2)C1. The number of nitrogens with zero attached hydrogens (tertiary/aromatic N) is 2. The van der Waals surface area contributed by atoms with Gasteiger partial charge in [-0.1, -0.05) is 6.07 Å². The highest BCUT2D eigenvalue weighted by Gasteiger charge is 2.32. The molecular formula is C11H15N3O2. The molecule has 0 unspecified atom stereocenters. The molecule has 1 N–H and O–H groups in total. The van der Waals surface area contributed by atoms with E-state index in [4.69, 9.17) is 4.74 Å². The number of hydrogen-bond acceptors (Lipinski definition) is 3. The van der Waals surface area contributed by atoms with Crippen molar-refractivity contribution < 1.29 is 9.53 Å². The number of ether oxygens (including phenoxy) is 1. The minimum Gasteiger partial charge on any atom is -0.471 e. The molecule has 16 heavy (non-hydrogen) atoms. The monoisotopic (exact) mass is 221 g/mol. The Morgan fingerprint density at radius 2 is 2.44 bits per heavy atom. The summed E-state index contributed by atoms with van der Waals surface area (Å²) >= 11 is 0. The highest BCUT2D eigenvalue weighted by Crippen LogP contribution is 2.15. The van der Waals surface area contributed by atoms with Gasteiger partial charge < -0.3 is 15.0 Å². The highest BCUT2D eigenvalue weighted by molar-refractivity contribution is 5.75. The average Bonchev–Trinajstić information content (AvgIpc) is 2.24. The van der Waals surface area contributed by atoms with Crippen LogP contribution in [0.5, 0.6) is 5.88 Å². The van der Waals surface area contributed by atoms with E-state index in [9.17, 15) is 4.79 Å². The van der Waals surface area contributed by atoms with Crippen molar-refractivity contribution in [2.75, 3.05) is 19.6 Å². The molecule has 0 atom stereocenters. The quantitative estimate of drug-likeness (QED) is 0.824.